The zero-order chi connectivity index (χ0) is 3.57. The summed E-state index contributed by atoms with van der Waals surface area (Å²) in [5, 5.41) is 3.45. The van der Waals surface area contributed by atoms with Crippen LogP contribution in [0.1, 0.15) is 6.42 Å². The van der Waals surface area contributed by atoms with Crippen LogP contribution in [0.3, 0.4) is 0 Å². The normalized spacial score (nSPS) is 108. The molecule has 1 aliphatic heterocycles. The monoisotopic (exact) mass is 79.0 g/mol. The summed E-state index contributed by atoms with van der Waals surface area (Å²) in [4.78, 5) is 0. The lowest BCUT2D eigenvalue weighted by molar-refractivity contribution is 0.102. The van der Waals surface area contributed by atoms with Gasteiger partial charge >= 0.3 is 0 Å². The predicted octanol–water partition coefficient (Wildman–Crippen LogP) is -0.270. The molecule has 4 saturated carbocycles. The van der Waals surface area contributed by atoms with Gasteiger partial charge in [-0.15, -0.1) is 0 Å². The van der Waals surface area contributed by atoms with Crippen LogP contribution in [0.5, 0.6) is 0 Å². The molecule has 2 bridgehead atoms. The molecule has 4 aliphatic carbocycles. The van der Waals surface area contributed by atoms with Crippen LogP contribution in [-0.2, 0) is 0 Å². The molecule has 0 unspecified atom stereocenters. The van der Waals surface area contributed by atoms with Gasteiger partial charge in [-0.05, 0) is 6.42 Å². The van der Waals surface area contributed by atoms with Crippen LogP contribution in [0.15, 0.2) is 0 Å². The Morgan fingerprint density at radius 3 is 1.83 bits per heavy atom. The van der Waals surface area contributed by atoms with Crippen molar-refractivity contribution in [3.8, 4) is 0 Å². The first-order valence-electron chi connectivity index (χ1n) is 2.72. The summed E-state index contributed by atoms with van der Waals surface area (Å²) >= 11 is 0. The predicted molar refractivity (Wildman–Crippen MR) is 20.2 cm³/mol. The van der Waals surface area contributed by atoms with Crippen molar-refractivity contribution >= 4 is 0 Å². The molecule has 1 nitrogen and oxygen atoms in total. The molecule has 1 saturated heterocycles. The van der Waals surface area contributed by atoms with E-state index in [0.29, 0.717) is 0 Å². The van der Waals surface area contributed by atoms with Crippen molar-refractivity contribution in [2.75, 3.05) is 0 Å². The second-order valence-corrected chi connectivity index (χ2v) is 3.20. The third kappa shape index (κ3) is 0.0254. The maximum atomic E-state index is 3.45. The van der Waals surface area contributed by atoms with Gasteiger partial charge in [0.05, 0.1) is 0 Å². The first-order valence-corrected chi connectivity index (χ1v) is 2.72. The molecule has 5 rings (SSSR count). The molecular formula is C5H5N. The maximum absolute atomic E-state index is 3.45. The van der Waals surface area contributed by atoms with E-state index in [-0.39, 0.29) is 0 Å². The van der Waals surface area contributed by atoms with E-state index in [1.165, 1.54) is 11.8 Å². The van der Waals surface area contributed by atoms with Crippen molar-refractivity contribution in [2.45, 2.75) is 17.5 Å². The van der Waals surface area contributed by atoms with E-state index in [1.54, 1.807) is 6.42 Å². The molecule has 1 heteroatoms. The number of rotatable bonds is 0. The Balaban J connectivity index is 2.35. The molecule has 1 N–H and O–H groups in total. The van der Waals surface area contributed by atoms with Gasteiger partial charge < -0.3 is 5.32 Å². The first kappa shape index (κ1) is 1.83. The highest BCUT2D eigenvalue weighted by Crippen LogP contribution is 3.04. The van der Waals surface area contributed by atoms with Crippen LogP contribution in [0.4, 0.5) is 0 Å². The van der Waals surface area contributed by atoms with Gasteiger partial charge in [-0.2, -0.15) is 0 Å². The van der Waals surface area contributed by atoms with Crippen molar-refractivity contribution in [1.82, 2.24) is 5.32 Å². The number of nitrogens with one attached hydrogen (secondary N) is 1. The average molecular weight is 79.1 g/mol. The molecule has 0 radical (unpaired) electrons. The fourth-order valence-corrected chi connectivity index (χ4v) is 2.76. The minimum Gasteiger partial charge on any atom is -0.301 e. The summed E-state index contributed by atoms with van der Waals surface area (Å²) in [6, 6.07) is 0. The lowest BCUT2D eigenvalue weighted by Gasteiger charge is -2.42. The Labute approximate surface area is 35.7 Å². The highest BCUT2D eigenvalue weighted by Gasteiger charge is 3.18. The van der Waals surface area contributed by atoms with Gasteiger partial charge in [0.25, 0.3) is 0 Å². The molecule has 0 atom stereocenters. The van der Waals surface area contributed by atoms with Crippen molar-refractivity contribution < 1.29 is 0 Å². The highest BCUT2D eigenvalue weighted by atomic mass is 15.6. The standard InChI is InChI=1S/C5H5N/c1-2-4-3(1)5(2,4)6-4/h2-3,6H,1H2. The Hall–Kier alpha value is -0.0400. The minimum atomic E-state index is 0.868. The van der Waals surface area contributed by atoms with Crippen LogP contribution < -0.4 is 5.32 Å². The van der Waals surface area contributed by atoms with E-state index in [4.69, 9.17) is 0 Å². The Morgan fingerprint density at radius 1 is 1.33 bits per heavy atom. The Morgan fingerprint density at radius 2 is 1.83 bits per heavy atom. The highest BCUT2D eigenvalue weighted by molar-refractivity contribution is 5.76. The molecule has 2 spiro atoms. The fourth-order valence-electron chi connectivity index (χ4n) is 2.76. The smallest absolute Gasteiger partial charge is 0.0470 e. The van der Waals surface area contributed by atoms with Gasteiger partial charge in [-0.25, -0.2) is 0 Å². The molecule has 0 aromatic rings. The number of hydrogen-bond acceptors (Lipinski definition) is 1. The molecule has 5 fully saturated rings. The van der Waals surface area contributed by atoms with E-state index < -0.39 is 0 Å². The van der Waals surface area contributed by atoms with Crippen LogP contribution in [0, 0.1) is 11.8 Å². The van der Waals surface area contributed by atoms with Crippen molar-refractivity contribution in [2.24, 2.45) is 11.8 Å². The summed E-state index contributed by atoms with van der Waals surface area (Å²) in [6.07, 6.45) is 1.58. The molecule has 5 aliphatic rings. The maximum Gasteiger partial charge on any atom is 0.0470 e. The van der Waals surface area contributed by atoms with Crippen molar-refractivity contribution in [3.63, 3.8) is 0 Å². The largest absolute Gasteiger partial charge is 0.301 e. The lowest BCUT2D eigenvalue weighted by Crippen LogP contribution is -2.53. The van der Waals surface area contributed by atoms with Crippen LogP contribution in [-0.4, -0.2) is 11.1 Å². The van der Waals surface area contributed by atoms with Crippen molar-refractivity contribution in [3.05, 3.63) is 0 Å². The summed E-state index contributed by atoms with van der Waals surface area (Å²) in [5.41, 5.74) is 1.74. The average Bonchev–Trinajstić information content (AvgIpc) is 2.10. The van der Waals surface area contributed by atoms with Gasteiger partial charge in [0.1, 0.15) is 0 Å². The van der Waals surface area contributed by atoms with E-state index in [0.717, 1.165) is 11.1 Å². The van der Waals surface area contributed by atoms with Gasteiger partial charge in [-0.1, -0.05) is 0 Å². The van der Waals surface area contributed by atoms with E-state index in [1.807, 2.05) is 0 Å². The number of piperidine rings is 1. The van der Waals surface area contributed by atoms with Gasteiger partial charge in [0.15, 0.2) is 0 Å². The third-order valence-corrected chi connectivity index (χ3v) is 3.54. The molecule has 0 aromatic heterocycles. The molecule has 0 amide bonds. The third-order valence-electron chi connectivity index (χ3n) is 3.54. The summed E-state index contributed by atoms with van der Waals surface area (Å²) in [5.74, 6) is 2.41. The first-order chi connectivity index (χ1) is 2.93. The molecule has 30 valence electrons. The SMILES string of the molecule is C1C2C34NC23C14. The fraction of sp³-hybridized carbons (Fsp3) is 1.00. The van der Waals surface area contributed by atoms with E-state index in [2.05, 4.69) is 5.32 Å². The number of hydrogen-bond donors (Lipinski definition) is 1. The van der Waals surface area contributed by atoms with Crippen LogP contribution in [0.25, 0.3) is 0 Å². The molecule has 1 heterocycles. The van der Waals surface area contributed by atoms with Crippen molar-refractivity contribution in [1.29, 1.82) is 0 Å². The second-order valence-electron chi connectivity index (χ2n) is 3.20. The lowest BCUT2D eigenvalue weighted by atomic mass is 9.72. The second kappa shape index (κ2) is 0.195. The van der Waals surface area contributed by atoms with E-state index >= 15 is 0 Å². The molecule has 6 heavy (non-hydrogen) atoms. The van der Waals surface area contributed by atoms with Crippen LogP contribution in [0.2, 0.25) is 0 Å². The van der Waals surface area contributed by atoms with Crippen LogP contribution >= 0.6 is 0 Å². The quantitative estimate of drug-likeness (QED) is 0.397. The summed E-state index contributed by atoms with van der Waals surface area (Å²) < 4.78 is 0. The summed E-state index contributed by atoms with van der Waals surface area (Å²) in [6.45, 7) is 0. The zero-order valence-electron chi connectivity index (χ0n) is 3.36. The topological polar surface area (TPSA) is 21.9 Å². The summed E-state index contributed by atoms with van der Waals surface area (Å²) in [7, 11) is 0. The molecule has 0 aromatic carbocycles. The molecular weight excluding hydrogens is 74.1 g/mol. The minimum absolute atomic E-state index is 0.868. The van der Waals surface area contributed by atoms with E-state index in [9.17, 15) is 0 Å². The zero-order valence-corrected chi connectivity index (χ0v) is 3.36. The van der Waals surface area contributed by atoms with Gasteiger partial charge in [-0.3, -0.25) is 0 Å². The Kier molecular flexibility index (Phi) is 0.0594. The van der Waals surface area contributed by atoms with Gasteiger partial charge in [0, 0.05) is 22.9 Å². The van der Waals surface area contributed by atoms with Gasteiger partial charge in [0.2, 0.25) is 0 Å². The Bertz CT molecular complexity index is 147.